The first-order chi connectivity index (χ1) is 10.7. The molecule has 0 atom stereocenters. The Bertz CT molecular complexity index is 475. The second-order valence-corrected chi connectivity index (χ2v) is 4.66. The highest BCUT2D eigenvalue weighted by atomic mass is 19.1. The van der Waals surface area contributed by atoms with Gasteiger partial charge in [-0.15, -0.1) is 0 Å². The van der Waals surface area contributed by atoms with Gasteiger partial charge in [-0.25, -0.2) is 9.38 Å². The average Bonchev–Trinajstić information content (AvgIpc) is 2.51. The molecule has 0 radical (unpaired) electrons. The van der Waals surface area contributed by atoms with E-state index < -0.39 is 0 Å². The number of hydrogen-bond acceptors (Lipinski definition) is 3. The lowest BCUT2D eigenvalue weighted by Crippen LogP contribution is -2.37. The lowest BCUT2D eigenvalue weighted by atomic mass is 10.2. The molecule has 1 rings (SSSR count). The molecular formula is C16H24FN3O2. The van der Waals surface area contributed by atoms with Gasteiger partial charge >= 0.3 is 5.97 Å². The molecule has 0 aliphatic carbocycles. The van der Waals surface area contributed by atoms with Crippen molar-refractivity contribution in [1.82, 2.24) is 10.6 Å². The highest BCUT2D eigenvalue weighted by molar-refractivity contribution is 5.79. The van der Waals surface area contributed by atoms with Gasteiger partial charge in [0.15, 0.2) is 5.96 Å². The topological polar surface area (TPSA) is 62.7 Å². The summed E-state index contributed by atoms with van der Waals surface area (Å²) in [4.78, 5) is 15.6. The second kappa shape index (κ2) is 10.6. The van der Waals surface area contributed by atoms with Crippen molar-refractivity contribution < 1.29 is 13.9 Å². The molecular weight excluding hydrogens is 285 g/mol. The monoisotopic (exact) mass is 309 g/mol. The van der Waals surface area contributed by atoms with E-state index in [2.05, 4.69) is 15.6 Å². The van der Waals surface area contributed by atoms with Gasteiger partial charge in [-0.05, 0) is 38.0 Å². The SMILES string of the molecule is CCNC(=NCc1ccc(F)cc1)NCCCC(=O)OCC. The van der Waals surface area contributed by atoms with Crippen LogP contribution in [-0.4, -0.2) is 31.6 Å². The molecule has 0 fully saturated rings. The number of esters is 1. The number of guanidine groups is 1. The minimum absolute atomic E-state index is 0.183. The molecule has 0 saturated carbocycles. The van der Waals surface area contributed by atoms with Gasteiger partial charge in [0.25, 0.3) is 0 Å². The van der Waals surface area contributed by atoms with Crippen molar-refractivity contribution in [3.8, 4) is 0 Å². The van der Waals surface area contributed by atoms with Crippen LogP contribution in [0.1, 0.15) is 32.3 Å². The lowest BCUT2D eigenvalue weighted by molar-refractivity contribution is -0.143. The van der Waals surface area contributed by atoms with E-state index in [1.165, 1.54) is 12.1 Å². The first-order valence-electron chi connectivity index (χ1n) is 7.58. The van der Waals surface area contributed by atoms with Crippen molar-refractivity contribution >= 4 is 11.9 Å². The molecule has 0 aliphatic heterocycles. The van der Waals surface area contributed by atoms with E-state index in [9.17, 15) is 9.18 Å². The van der Waals surface area contributed by atoms with Gasteiger partial charge in [0.1, 0.15) is 5.82 Å². The quantitative estimate of drug-likeness (QED) is 0.334. The van der Waals surface area contributed by atoms with Crippen LogP contribution in [-0.2, 0) is 16.1 Å². The fourth-order valence-corrected chi connectivity index (χ4v) is 1.77. The molecule has 0 aliphatic rings. The Hall–Kier alpha value is -2.11. The fourth-order valence-electron chi connectivity index (χ4n) is 1.77. The number of rotatable bonds is 8. The van der Waals surface area contributed by atoms with Crippen LogP contribution in [0.4, 0.5) is 4.39 Å². The molecule has 122 valence electrons. The maximum Gasteiger partial charge on any atom is 0.305 e. The zero-order valence-electron chi connectivity index (χ0n) is 13.2. The zero-order chi connectivity index (χ0) is 16.2. The van der Waals surface area contributed by atoms with Crippen molar-refractivity contribution in [2.24, 2.45) is 4.99 Å². The van der Waals surface area contributed by atoms with Crippen LogP contribution < -0.4 is 10.6 Å². The smallest absolute Gasteiger partial charge is 0.305 e. The molecule has 22 heavy (non-hydrogen) atoms. The molecule has 0 amide bonds. The van der Waals surface area contributed by atoms with Crippen LogP contribution in [0.3, 0.4) is 0 Å². The first-order valence-corrected chi connectivity index (χ1v) is 7.58. The Labute approximate surface area is 131 Å². The predicted molar refractivity (Wildman–Crippen MR) is 85.1 cm³/mol. The summed E-state index contributed by atoms with van der Waals surface area (Å²) in [6, 6.07) is 6.27. The standard InChI is InChI=1S/C16H24FN3O2/c1-3-18-16(19-11-5-6-15(21)22-4-2)20-12-13-7-9-14(17)10-8-13/h7-10H,3-6,11-12H2,1-2H3,(H2,18,19,20). The molecule has 0 aromatic heterocycles. The Morgan fingerprint density at radius 2 is 1.95 bits per heavy atom. The van der Waals surface area contributed by atoms with Crippen LogP contribution in [0.2, 0.25) is 0 Å². The number of nitrogens with one attached hydrogen (secondary N) is 2. The predicted octanol–water partition coefficient (Wildman–Crippen LogP) is 2.22. The van der Waals surface area contributed by atoms with E-state index in [0.29, 0.717) is 38.5 Å². The minimum Gasteiger partial charge on any atom is -0.466 e. The highest BCUT2D eigenvalue weighted by Gasteiger charge is 2.02. The largest absolute Gasteiger partial charge is 0.466 e. The summed E-state index contributed by atoms with van der Waals surface area (Å²) < 4.78 is 17.7. The maximum absolute atomic E-state index is 12.8. The van der Waals surface area contributed by atoms with Crippen molar-refractivity contribution in [2.45, 2.75) is 33.2 Å². The molecule has 0 unspecified atom stereocenters. The van der Waals surface area contributed by atoms with Crippen molar-refractivity contribution in [2.75, 3.05) is 19.7 Å². The molecule has 0 heterocycles. The number of carbonyl (C=O) groups excluding carboxylic acids is 1. The first kappa shape index (κ1) is 17.9. The van der Waals surface area contributed by atoms with Crippen LogP contribution in [0, 0.1) is 5.82 Å². The van der Waals surface area contributed by atoms with Gasteiger partial charge in [-0.3, -0.25) is 4.79 Å². The van der Waals surface area contributed by atoms with E-state index in [-0.39, 0.29) is 11.8 Å². The maximum atomic E-state index is 12.8. The summed E-state index contributed by atoms with van der Waals surface area (Å²) in [7, 11) is 0. The molecule has 1 aromatic carbocycles. The van der Waals surface area contributed by atoms with Gasteiger partial charge in [-0.1, -0.05) is 12.1 Å². The third-order valence-corrected chi connectivity index (χ3v) is 2.83. The van der Waals surface area contributed by atoms with Crippen molar-refractivity contribution in [3.63, 3.8) is 0 Å². The van der Waals surface area contributed by atoms with Gasteiger partial charge < -0.3 is 15.4 Å². The van der Waals surface area contributed by atoms with Crippen LogP contribution >= 0.6 is 0 Å². The van der Waals surface area contributed by atoms with Crippen molar-refractivity contribution in [3.05, 3.63) is 35.6 Å². The number of aliphatic imine (C=N–C) groups is 1. The van der Waals surface area contributed by atoms with E-state index in [4.69, 9.17) is 4.74 Å². The number of halogens is 1. The summed E-state index contributed by atoms with van der Waals surface area (Å²) in [5.41, 5.74) is 0.935. The third-order valence-electron chi connectivity index (χ3n) is 2.83. The van der Waals surface area contributed by atoms with Crippen LogP contribution in [0.15, 0.2) is 29.3 Å². The Balaban J connectivity index is 2.38. The van der Waals surface area contributed by atoms with Crippen LogP contribution in [0.25, 0.3) is 0 Å². The normalized spacial score (nSPS) is 11.1. The molecule has 2 N–H and O–H groups in total. The molecule has 1 aromatic rings. The van der Waals surface area contributed by atoms with E-state index in [1.54, 1.807) is 19.1 Å². The van der Waals surface area contributed by atoms with E-state index in [1.807, 2.05) is 6.92 Å². The van der Waals surface area contributed by atoms with Gasteiger partial charge in [0.05, 0.1) is 13.2 Å². The summed E-state index contributed by atoms with van der Waals surface area (Å²) in [6.07, 6.45) is 1.07. The molecule has 0 bridgehead atoms. The average molecular weight is 309 g/mol. The van der Waals surface area contributed by atoms with Gasteiger partial charge in [-0.2, -0.15) is 0 Å². The number of hydrogen-bond donors (Lipinski definition) is 2. The Kier molecular flexibility index (Phi) is 8.64. The van der Waals surface area contributed by atoms with Crippen molar-refractivity contribution in [1.29, 1.82) is 0 Å². The Morgan fingerprint density at radius 3 is 2.59 bits per heavy atom. The summed E-state index contributed by atoms with van der Waals surface area (Å²) >= 11 is 0. The fraction of sp³-hybridized carbons (Fsp3) is 0.500. The number of ether oxygens (including phenoxy) is 1. The molecule has 6 heteroatoms. The van der Waals surface area contributed by atoms with Crippen LogP contribution in [0.5, 0.6) is 0 Å². The third kappa shape index (κ3) is 7.61. The summed E-state index contributed by atoms with van der Waals surface area (Å²) in [6.45, 7) is 6.03. The summed E-state index contributed by atoms with van der Waals surface area (Å²) in [5.74, 6) is 0.241. The van der Waals surface area contributed by atoms with E-state index >= 15 is 0 Å². The number of nitrogens with zero attached hydrogens (tertiary/aromatic N) is 1. The lowest BCUT2D eigenvalue weighted by Gasteiger charge is -2.11. The molecule has 0 saturated heterocycles. The second-order valence-electron chi connectivity index (χ2n) is 4.66. The minimum atomic E-state index is -0.253. The molecule has 5 nitrogen and oxygen atoms in total. The van der Waals surface area contributed by atoms with Gasteiger partial charge in [0.2, 0.25) is 0 Å². The van der Waals surface area contributed by atoms with E-state index in [0.717, 1.165) is 12.1 Å². The number of carbonyl (C=O) groups is 1. The molecule has 0 spiro atoms. The highest BCUT2D eigenvalue weighted by Crippen LogP contribution is 2.03. The van der Waals surface area contributed by atoms with Gasteiger partial charge in [0, 0.05) is 19.5 Å². The summed E-state index contributed by atoms with van der Waals surface area (Å²) in [5, 5.41) is 6.28. The number of benzene rings is 1. The zero-order valence-corrected chi connectivity index (χ0v) is 13.2. The Morgan fingerprint density at radius 1 is 1.23 bits per heavy atom.